The van der Waals surface area contributed by atoms with Gasteiger partial charge in [-0.15, -0.1) is 0 Å². The fourth-order valence-corrected chi connectivity index (χ4v) is 3.31. The number of likely N-dealkylation sites (N-methyl/N-ethyl adjacent to an activating group) is 1. The van der Waals surface area contributed by atoms with E-state index in [9.17, 15) is 9.59 Å². The Labute approximate surface area is 144 Å². The Morgan fingerprint density at radius 2 is 1.92 bits per heavy atom. The molecule has 0 aliphatic heterocycles. The van der Waals surface area contributed by atoms with Crippen LogP contribution in [0.4, 0.5) is 0 Å². The van der Waals surface area contributed by atoms with E-state index in [1.54, 1.807) is 19.1 Å². The molecule has 1 aliphatic rings. The number of furan rings is 1. The van der Waals surface area contributed by atoms with Gasteiger partial charge in [-0.05, 0) is 46.0 Å². The van der Waals surface area contributed by atoms with Gasteiger partial charge in [0.25, 0.3) is 5.91 Å². The van der Waals surface area contributed by atoms with Gasteiger partial charge in [0.2, 0.25) is 5.91 Å². The molecular formula is C18H29N3O3. The molecule has 1 aromatic heterocycles. The first kappa shape index (κ1) is 18.5. The van der Waals surface area contributed by atoms with Gasteiger partial charge < -0.3 is 20.0 Å². The van der Waals surface area contributed by atoms with Crippen molar-refractivity contribution < 1.29 is 14.0 Å². The summed E-state index contributed by atoms with van der Waals surface area (Å²) in [4.78, 5) is 26.6. The molecule has 1 atom stereocenters. The third kappa shape index (κ3) is 4.60. The molecule has 2 amide bonds. The number of carbonyl (C=O) groups excluding carboxylic acids is 2. The number of nitrogens with one attached hydrogen (secondary N) is 2. The fourth-order valence-electron chi connectivity index (χ4n) is 3.31. The minimum atomic E-state index is -0.604. The summed E-state index contributed by atoms with van der Waals surface area (Å²) < 4.78 is 5.04. The number of hydrogen-bond acceptors (Lipinski definition) is 4. The van der Waals surface area contributed by atoms with Gasteiger partial charge in [-0.25, -0.2) is 0 Å². The quantitative estimate of drug-likeness (QED) is 0.781. The van der Waals surface area contributed by atoms with Crippen molar-refractivity contribution in [1.29, 1.82) is 0 Å². The lowest BCUT2D eigenvalue weighted by atomic mass is 9.88. The Kier molecular flexibility index (Phi) is 6.43. The van der Waals surface area contributed by atoms with Crippen LogP contribution >= 0.6 is 0 Å². The molecular weight excluding hydrogens is 306 g/mol. The molecule has 1 unspecified atom stereocenters. The van der Waals surface area contributed by atoms with E-state index in [0.717, 1.165) is 12.8 Å². The number of carbonyl (C=O) groups is 2. The highest BCUT2D eigenvalue weighted by molar-refractivity contribution is 5.95. The summed E-state index contributed by atoms with van der Waals surface area (Å²) in [5, 5.41) is 5.69. The highest BCUT2D eigenvalue weighted by atomic mass is 16.3. The maximum Gasteiger partial charge on any atom is 0.287 e. The molecule has 0 aromatic carbocycles. The lowest BCUT2D eigenvalue weighted by Gasteiger charge is -2.40. The predicted octanol–water partition coefficient (Wildman–Crippen LogP) is 2.17. The van der Waals surface area contributed by atoms with E-state index in [-0.39, 0.29) is 23.1 Å². The molecule has 134 valence electrons. The molecule has 1 fully saturated rings. The molecule has 6 heteroatoms. The zero-order valence-electron chi connectivity index (χ0n) is 14.9. The van der Waals surface area contributed by atoms with Crippen LogP contribution < -0.4 is 10.6 Å². The summed E-state index contributed by atoms with van der Waals surface area (Å²) in [5.41, 5.74) is 0.0108. The van der Waals surface area contributed by atoms with Crippen molar-refractivity contribution in [1.82, 2.24) is 15.5 Å². The molecule has 1 aromatic rings. The summed E-state index contributed by atoms with van der Waals surface area (Å²) in [6.07, 6.45) is 8.53. The fraction of sp³-hybridized carbons (Fsp3) is 0.667. The van der Waals surface area contributed by atoms with Crippen LogP contribution in [0.1, 0.15) is 56.0 Å². The Bertz CT molecular complexity index is 532. The van der Waals surface area contributed by atoms with Gasteiger partial charge in [-0.2, -0.15) is 0 Å². The smallest absolute Gasteiger partial charge is 0.287 e. The van der Waals surface area contributed by atoms with E-state index in [1.807, 2.05) is 0 Å². The van der Waals surface area contributed by atoms with Gasteiger partial charge in [0.15, 0.2) is 5.76 Å². The summed E-state index contributed by atoms with van der Waals surface area (Å²) >= 11 is 0. The average molecular weight is 335 g/mol. The van der Waals surface area contributed by atoms with Crippen LogP contribution in [0.3, 0.4) is 0 Å². The molecule has 2 rings (SSSR count). The van der Waals surface area contributed by atoms with Gasteiger partial charge >= 0.3 is 0 Å². The van der Waals surface area contributed by atoms with Gasteiger partial charge in [-0.1, -0.05) is 25.7 Å². The van der Waals surface area contributed by atoms with Crippen LogP contribution in [0.25, 0.3) is 0 Å². The number of amides is 2. The number of nitrogens with zero attached hydrogens (tertiary/aromatic N) is 1. The normalized spacial score (nSPS) is 18.7. The van der Waals surface area contributed by atoms with E-state index in [0.29, 0.717) is 6.54 Å². The van der Waals surface area contributed by atoms with Gasteiger partial charge in [0.1, 0.15) is 6.04 Å². The van der Waals surface area contributed by atoms with E-state index in [2.05, 4.69) is 29.6 Å². The summed E-state index contributed by atoms with van der Waals surface area (Å²) in [6, 6.07) is 2.62. The van der Waals surface area contributed by atoms with Crippen LogP contribution in [0, 0.1) is 0 Å². The Morgan fingerprint density at radius 3 is 2.46 bits per heavy atom. The van der Waals surface area contributed by atoms with Gasteiger partial charge in [-0.3, -0.25) is 9.59 Å². The first-order valence-corrected chi connectivity index (χ1v) is 8.74. The molecule has 24 heavy (non-hydrogen) atoms. The molecule has 6 nitrogen and oxygen atoms in total. The van der Waals surface area contributed by atoms with Crippen LogP contribution in [0.2, 0.25) is 0 Å². The maximum absolute atomic E-state index is 12.4. The Balaban J connectivity index is 1.89. The largest absolute Gasteiger partial charge is 0.459 e. The minimum absolute atomic E-state index is 0.0108. The molecule has 2 N–H and O–H groups in total. The van der Waals surface area contributed by atoms with E-state index >= 15 is 0 Å². The summed E-state index contributed by atoms with van der Waals surface area (Å²) in [6.45, 7) is 2.30. The van der Waals surface area contributed by atoms with E-state index in [4.69, 9.17) is 4.42 Å². The lowest BCUT2D eigenvalue weighted by molar-refractivity contribution is -0.123. The lowest BCUT2D eigenvalue weighted by Crippen LogP contribution is -2.55. The second-order valence-electron chi connectivity index (χ2n) is 6.92. The standard InChI is InChI=1S/C18H29N3O3/c1-14(20-17(23)15-9-8-12-24-15)16(22)19-13-18(21(2)3)10-6-4-5-7-11-18/h8-9,12,14H,4-7,10-11,13H2,1-3H3,(H,19,22)(H,20,23). The number of hydrogen-bond donors (Lipinski definition) is 2. The van der Waals surface area contributed by atoms with Crippen LogP contribution in [-0.2, 0) is 4.79 Å². The Hall–Kier alpha value is -1.82. The molecule has 1 heterocycles. The number of rotatable bonds is 6. The van der Waals surface area contributed by atoms with Crippen molar-refractivity contribution in [3.05, 3.63) is 24.2 Å². The zero-order chi connectivity index (χ0) is 17.6. The summed E-state index contributed by atoms with van der Waals surface area (Å²) in [5.74, 6) is -0.331. The second kappa shape index (κ2) is 8.33. The van der Waals surface area contributed by atoms with Gasteiger partial charge in [0, 0.05) is 12.1 Å². The van der Waals surface area contributed by atoms with Crippen LogP contribution in [0.15, 0.2) is 22.8 Å². The summed E-state index contributed by atoms with van der Waals surface area (Å²) in [7, 11) is 4.17. The van der Waals surface area contributed by atoms with Crippen molar-refractivity contribution in [2.24, 2.45) is 0 Å². The first-order chi connectivity index (χ1) is 11.4. The molecule has 0 radical (unpaired) electrons. The third-order valence-corrected chi connectivity index (χ3v) is 5.06. The monoisotopic (exact) mass is 335 g/mol. The molecule has 0 bridgehead atoms. The van der Waals surface area contributed by atoms with Crippen LogP contribution in [-0.4, -0.2) is 48.9 Å². The van der Waals surface area contributed by atoms with Crippen molar-refractivity contribution in [3.63, 3.8) is 0 Å². The van der Waals surface area contributed by atoms with Crippen molar-refractivity contribution >= 4 is 11.8 Å². The zero-order valence-corrected chi connectivity index (χ0v) is 14.9. The highest BCUT2D eigenvalue weighted by Gasteiger charge is 2.34. The topological polar surface area (TPSA) is 74.6 Å². The molecule has 1 saturated carbocycles. The van der Waals surface area contributed by atoms with Gasteiger partial charge in [0.05, 0.1) is 6.26 Å². The Morgan fingerprint density at radius 1 is 1.25 bits per heavy atom. The van der Waals surface area contributed by atoms with E-state index in [1.165, 1.54) is 31.9 Å². The maximum atomic E-state index is 12.4. The van der Waals surface area contributed by atoms with Crippen molar-refractivity contribution in [2.75, 3.05) is 20.6 Å². The van der Waals surface area contributed by atoms with Crippen molar-refractivity contribution in [3.8, 4) is 0 Å². The van der Waals surface area contributed by atoms with Crippen molar-refractivity contribution in [2.45, 2.75) is 57.0 Å². The highest BCUT2D eigenvalue weighted by Crippen LogP contribution is 2.30. The first-order valence-electron chi connectivity index (χ1n) is 8.74. The average Bonchev–Trinajstić information content (AvgIpc) is 2.98. The molecule has 1 aliphatic carbocycles. The SMILES string of the molecule is CC(NC(=O)c1ccco1)C(=O)NCC1(N(C)C)CCCCCC1. The van der Waals surface area contributed by atoms with E-state index < -0.39 is 6.04 Å². The third-order valence-electron chi connectivity index (χ3n) is 5.06. The van der Waals surface area contributed by atoms with Crippen LogP contribution in [0.5, 0.6) is 0 Å². The minimum Gasteiger partial charge on any atom is -0.459 e. The predicted molar refractivity (Wildman–Crippen MR) is 92.8 cm³/mol. The molecule has 0 saturated heterocycles. The molecule has 0 spiro atoms. The second-order valence-corrected chi connectivity index (χ2v) is 6.92.